The van der Waals surface area contributed by atoms with E-state index in [9.17, 15) is 4.79 Å². The summed E-state index contributed by atoms with van der Waals surface area (Å²) in [6.07, 6.45) is 2.06. The fourth-order valence-electron chi connectivity index (χ4n) is 3.04. The van der Waals surface area contributed by atoms with Crippen LogP contribution in [-0.2, 0) is 0 Å². The smallest absolute Gasteiger partial charge is 0.261 e. The molecule has 0 bridgehead atoms. The van der Waals surface area contributed by atoms with Gasteiger partial charge in [-0.15, -0.1) is 24.2 Å². The number of likely N-dealkylation sites (N-methyl/N-ethyl adjacent to an activating group) is 1. The molecule has 4 nitrogen and oxygen atoms in total. The third-order valence-electron chi connectivity index (χ3n) is 4.71. The van der Waals surface area contributed by atoms with Crippen molar-refractivity contribution < 1.29 is 4.79 Å². The minimum Gasteiger partial charge on any atom is -0.302 e. The van der Waals surface area contributed by atoms with Crippen LogP contribution in [0.4, 0.5) is 5.13 Å². The summed E-state index contributed by atoms with van der Waals surface area (Å²) in [5.41, 5.74) is 1.71. The van der Waals surface area contributed by atoms with E-state index in [1.165, 1.54) is 0 Å². The number of aromatic nitrogens is 1. The lowest BCUT2D eigenvalue weighted by Crippen LogP contribution is -2.39. The molecular weight excluding hydrogens is 537 g/mol. The van der Waals surface area contributed by atoms with E-state index in [1.807, 2.05) is 29.2 Å². The van der Waals surface area contributed by atoms with Crippen molar-refractivity contribution in [2.75, 3.05) is 37.3 Å². The summed E-state index contributed by atoms with van der Waals surface area (Å²) < 4.78 is 2.08. The molecule has 0 aliphatic heterocycles. The van der Waals surface area contributed by atoms with Crippen LogP contribution >= 0.6 is 58.1 Å². The average molecular weight is 562 g/mol. The maximum atomic E-state index is 13.5. The number of benzene rings is 2. The van der Waals surface area contributed by atoms with Gasteiger partial charge in [0.2, 0.25) is 0 Å². The van der Waals surface area contributed by atoms with Gasteiger partial charge in [-0.25, -0.2) is 4.98 Å². The predicted octanol–water partition coefficient (Wildman–Crippen LogP) is 6.03. The van der Waals surface area contributed by atoms with Crippen molar-refractivity contribution in [3.8, 4) is 0 Å². The molecule has 0 unspecified atom stereocenters. The van der Waals surface area contributed by atoms with E-state index in [4.69, 9.17) is 4.98 Å². The quantitative estimate of drug-likeness (QED) is 0.248. The summed E-state index contributed by atoms with van der Waals surface area (Å²) in [5, 5.41) is 0.772. The van der Waals surface area contributed by atoms with Gasteiger partial charge < -0.3 is 4.90 Å². The fraction of sp³-hybridized carbons (Fsp3) is 0.333. The van der Waals surface area contributed by atoms with Crippen LogP contribution in [0.2, 0.25) is 0 Å². The number of thioether (sulfide) groups is 1. The molecule has 0 aliphatic carbocycles. The summed E-state index contributed by atoms with van der Waals surface area (Å²) in [4.78, 5) is 23.6. The van der Waals surface area contributed by atoms with Gasteiger partial charge in [-0.3, -0.25) is 9.69 Å². The highest BCUT2D eigenvalue weighted by atomic mass is 127. The molecule has 0 N–H and O–H groups in total. The number of nitrogens with zero attached hydrogens (tertiary/aromatic N) is 3. The molecule has 3 rings (SSSR count). The minimum atomic E-state index is 0. The first-order valence-electron chi connectivity index (χ1n) is 9.31. The summed E-state index contributed by atoms with van der Waals surface area (Å²) in [6.45, 7) is 7.69. The van der Waals surface area contributed by atoms with Gasteiger partial charge in [-0.1, -0.05) is 43.4 Å². The summed E-state index contributed by atoms with van der Waals surface area (Å²) >= 11 is 5.51. The number of fused-ring (bicyclic) bond motifs is 1. The normalized spacial score (nSPS) is 10.9. The molecule has 0 saturated heterocycles. The number of carbonyl (C=O) groups is 1. The molecule has 1 aromatic heterocycles. The van der Waals surface area contributed by atoms with Crippen LogP contribution in [0.3, 0.4) is 0 Å². The van der Waals surface area contributed by atoms with E-state index in [0.29, 0.717) is 6.54 Å². The van der Waals surface area contributed by atoms with Gasteiger partial charge in [0, 0.05) is 21.6 Å². The first-order chi connectivity index (χ1) is 13.6. The second-order valence-electron chi connectivity index (χ2n) is 6.27. The molecule has 1 heterocycles. The van der Waals surface area contributed by atoms with Crippen molar-refractivity contribution in [2.45, 2.75) is 18.7 Å². The van der Waals surface area contributed by atoms with Gasteiger partial charge in [0.25, 0.3) is 5.91 Å². The first kappa shape index (κ1) is 24.4. The Morgan fingerprint density at radius 1 is 1.10 bits per heavy atom. The van der Waals surface area contributed by atoms with Crippen LogP contribution in [0.1, 0.15) is 24.2 Å². The largest absolute Gasteiger partial charge is 0.302 e. The number of anilines is 1. The SMILES string of the molecule is CCN(CC)CCN(C(=O)c1ccccc1I)c1nc2c(SC)cccc2s1.Cl. The Kier molecular flexibility index (Phi) is 9.68. The van der Waals surface area contributed by atoms with Gasteiger partial charge in [0.15, 0.2) is 5.13 Å². The van der Waals surface area contributed by atoms with Crippen molar-refractivity contribution in [2.24, 2.45) is 0 Å². The van der Waals surface area contributed by atoms with Crippen molar-refractivity contribution in [3.05, 3.63) is 51.6 Å². The third-order valence-corrected chi connectivity index (χ3v) is 7.46. The Bertz CT molecular complexity index is 962. The average Bonchev–Trinajstić information content (AvgIpc) is 3.15. The second-order valence-corrected chi connectivity index (χ2v) is 9.29. The lowest BCUT2D eigenvalue weighted by molar-refractivity contribution is 0.0983. The Morgan fingerprint density at radius 2 is 1.83 bits per heavy atom. The molecule has 0 atom stereocenters. The van der Waals surface area contributed by atoms with E-state index in [0.717, 1.165) is 49.0 Å². The number of hydrogen-bond acceptors (Lipinski definition) is 5. The van der Waals surface area contributed by atoms with Gasteiger partial charge in [-0.2, -0.15) is 0 Å². The molecule has 0 spiro atoms. The molecule has 156 valence electrons. The van der Waals surface area contributed by atoms with Crippen LogP contribution in [0, 0.1) is 3.57 Å². The summed E-state index contributed by atoms with van der Waals surface area (Å²) in [5.74, 6) is 0.0157. The number of amides is 1. The van der Waals surface area contributed by atoms with Crippen molar-refractivity contribution >= 4 is 79.4 Å². The maximum absolute atomic E-state index is 13.5. The van der Waals surface area contributed by atoms with Gasteiger partial charge >= 0.3 is 0 Å². The third kappa shape index (κ3) is 5.64. The molecule has 0 radical (unpaired) electrons. The van der Waals surface area contributed by atoms with Crippen molar-refractivity contribution in [1.82, 2.24) is 9.88 Å². The Balaban J connectivity index is 0.00000300. The second kappa shape index (κ2) is 11.5. The van der Waals surface area contributed by atoms with E-state index >= 15 is 0 Å². The summed E-state index contributed by atoms with van der Waals surface area (Å²) in [6, 6.07) is 14.0. The van der Waals surface area contributed by atoms with Crippen LogP contribution in [0.5, 0.6) is 0 Å². The van der Waals surface area contributed by atoms with E-state index in [-0.39, 0.29) is 18.3 Å². The molecule has 0 aliphatic rings. The molecule has 3 aromatic rings. The zero-order valence-electron chi connectivity index (χ0n) is 16.7. The summed E-state index contributed by atoms with van der Waals surface area (Å²) in [7, 11) is 0. The molecular formula is C21H25ClIN3OS2. The predicted molar refractivity (Wildman–Crippen MR) is 137 cm³/mol. The number of halogens is 2. The monoisotopic (exact) mass is 561 g/mol. The topological polar surface area (TPSA) is 36.4 Å². The molecule has 29 heavy (non-hydrogen) atoms. The number of carbonyl (C=O) groups excluding carboxylic acids is 1. The standard InChI is InChI=1S/C21H24IN3OS2.ClH/c1-4-24(5-2)13-14-25(20(26)15-9-6-7-10-16(15)22)21-23-19-17(27-3)11-8-12-18(19)28-21;/h6-12H,4-5,13-14H2,1-3H3;1H. The van der Waals surface area contributed by atoms with Crippen molar-refractivity contribution in [3.63, 3.8) is 0 Å². The minimum absolute atomic E-state index is 0. The van der Waals surface area contributed by atoms with Gasteiger partial charge in [0.1, 0.15) is 0 Å². The van der Waals surface area contributed by atoms with E-state index in [2.05, 4.69) is 65.8 Å². The van der Waals surface area contributed by atoms with Crippen molar-refractivity contribution in [1.29, 1.82) is 0 Å². The van der Waals surface area contributed by atoms with Crippen LogP contribution < -0.4 is 4.90 Å². The molecule has 0 fully saturated rings. The zero-order valence-corrected chi connectivity index (χ0v) is 21.3. The lowest BCUT2D eigenvalue weighted by atomic mass is 10.2. The molecule has 1 amide bonds. The number of thiazole rings is 1. The first-order valence-corrected chi connectivity index (χ1v) is 12.4. The van der Waals surface area contributed by atoms with Crippen LogP contribution in [0.15, 0.2) is 47.4 Å². The Hall–Kier alpha value is -0.870. The number of rotatable bonds is 8. The zero-order chi connectivity index (χ0) is 20.1. The number of para-hydroxylation sites is 1. The molecule has 2 aromatic carbocycles. The highest BCUT2D eigenvalue weighted by Gasteiger charge is 2.23. The van der Waals surface area contributed by atoms with Crippen LogP contribution in [-0.4, -0.2) is 48.2 Å². The Morgan fingerprint density at radius 3 is 2.48 bits per heavy atom. The fourth-order valence-corrected chi connectivity index (χ4v) is 5.30. The lowest BCUT2D eigenvalue weighted by Gasteiger charge is -2.25. The van der Waals surface area contributed by atoms with Gasteiger partial charge in [0.05, 0.1) is 15.8 Å². The molecule has 8 heteroatoms. The van der Waals surface area contributed by atoms with E-state index < -0.39 is 0 Å². The number of hydrogen-bond donors (Lipinski definition) is 0. The highest BCUT2D eigenvalue weighted by Crippen LogP contribution is 2.34. The van der Waals surface area contributed by atoms with Gasteiger partial charge in [-0.05, 0) is 66.2 Å². The Labute approximate surface area is 200 Å². The van der Waals surface area contributed by atoms with E-state index in [1.54, 1.807) is 23.1 Å². The van der Waals surface area contributed by atoms with Crippen LogP contribution in [0.25, 0.3) is 10.2 Å². The molecule has 0 saturated carbocycles. The maximum Gasteiger partial charge on any atom is 0.261 e. The highest BCUT2D eigenvalue weighted by molar-refractivity contribution is 14.1.